The van der Waals surface area contributed by atoms with Crippen LogP contribution in [0.4, 0.5) is 0 Å². The van der Waals surface area contributed by atoms with Gasteiger partial charge in [0.15, 0.2) is 11.6 Å². The van der Waals surface area contributed by atoms with Crippen LogP contribution in [0.25, 0.3) is 0 Å². The van der Waals surface area contributed by atoms with Crippen LogP contribution in [0.1, 0.15) is 31.8 Å². The van der Waals surface area contributed by atoms with E-state index in [0.29, 0.717) is 0 Å². The smallest absolute Gasteiger partial charge is 0.294 e. The van der Waals surface area contributed by atoms with Crippen LogP contribution in [0.15, 0.2) is 46.2 Å². The molecule has 1 N–H and O–H groups in total. The van der Waals surface area contributed by atoms with Crippen molar-refractivity contribution in [1.29, 1.82) is 0 Å². The second kappa shape index (κ2) is 5.17. The highest BCUT2D eigenvalue weighted by atomic mass is 32.2. The van der Waals surface area contributed by atoms with Crippen LogP contribution in [-0.4, -0.2) is 33.3 Å². The molecule has 0 aromatic heterocycles. The van der Waals surface area contributed by atoms with E-state index < -0.39 is 37.7 Å². The highest BCUT2D eigenvalue weighted by Gasteiger charge is 2.31. The van der Waals surface area contributed by atoms with Gasteiger partial charge in [0.2, 0.25) is 0 Å². The molecule has 9 heteroatoms. The number of carbonyl (C=O) groups is 2. The van der Waals surface area contributed by atoms with Crippen molar-refractivity contribution >= 4 is 32.8 Å². The molecule has 1 atom stereocenters. The number of carbonyl (C=O) groups excluding carboxylic acids is 2. The molecule has 118 valence electrons. The normalized spacial score (nSPS) is 15.0. The number of hydrogen-bond donors (Lipinski definition) is 1. The van der Waals surface area contributed by atoms with Gasteiger partial charge in [0, 0.05) is 27.1 Å². The molecule has 2 aromatic carbocycles. The summed E-state index contributed by atoms with van der Waals surface area (Å²) in [5.74, 6) is -1.22. The molecule has 0 saturated heterocycles. The minimum absolute atomic E-state index is 0.0239. The number of fused-ring (bicyclic) bond motifs is 2. The largest absolute Gasteiger partial charge is 0.768 e. The maximum Gasteiger partial charge on any atom is 0.294 e. The van der Waals surface area contributed by atoms with Gasteiger partial charge in [-0.25, -0.2) is 0 Å². The Hall–Kier alpha value is -2.20. The Bertz CT molecular complexity index is 1010. The summed E-state index contributed by atoms with van der Waals surface area (Å²) >= 11 is -2.55. The van der Waals surface area contributed by atoms with Crippen molar-refractivity contribution in [2.45, 2.75) is 9.79 Å². The SMILES string of the molecule is O=C1c2ccc(S(=O)(=O)O)cc2C(=O)c2ccc(S(=O)[O-])cc21. The summed E-state index contributed by atoms with van der Waals surface area (Å²) in [6.07, 6.45) is 0. The first-order chi connectivity index (χ1) is 10.7. The van der Waals surface area contributed by atoms with Gasteiger partial charge in [-0.3, -0.25) is 18.4 Å². The number of hydrogen-bond acceptors (Lipinski definition) is 6. The molecule has 1 aliphatic rings. The van der Waals surface area contributed by atoms with E-state index in [-0.39, 0.29) is 27.1 Å². The van der Waals surface area contributed by atoms with Crippen molar-refractivity contribution in [2.24, 2.45) is 0 Å². The summed E-state index contributed by atoms with van der Waals surface area (Å²) in [6, 6.07) is 6.50. The van der Waals surface area contributed by atoms with E-state index in [2.05, 4.69) is 0 Å². The van der Waals surface area contributed by atoms with Crippen LogP contribution in [0.5, 0.6) is 0 Å². The van der Waals surface area contributed by atoms with Crippen LogP contribution in [0, 0.1) is 0 Å². The van der Waals surface area contributed by atoms with Gasteiger partial charge in [0.05, 0.1) is 4.90 Å². The maximum atomic E-state index is 12.4. The van der Waals surface area contributed by atoms with Gasteiger partial charge in [-0.15, -0.1) is 0 Å². The molecule has 0 aliphatic heterocycles. The Morgan fingerprint density at radius 1 is 0.870 bits per heavy atom. The van der Waals surface area contributed by atoms with E-state index in [4.69, 9.17) is 4.55 Å². The highest BCUT2D eigenvalue weighted by molar-refractivity contribution is 7.85. The third kappa shape index (κ3) is 2.53. The third-order valence-corrected chi connectivity index (χ3v) is 4.94. The van der Waals surface area contributed by atoms with E-state index >= 15 is 0 Å². The lowest BCUT2D eigenvalue weighted by Crippen LogP contribution is -2.21. The van der Waals surface area contributed by atoms with Gasteiger partial charge in [0.25, 0.3) is 10.1 Å². The predicted octanol–water partition coefficient (Wildman–Crippen LogP) is 0.947. The average molecular weight is 351 g/mol. The number of ketones is 2. The standard InChI is InChI=1S/C14H8O7S2/c15-13-10-4-2-8(23(19,20)21)6-12(10)14(16)9-3-1-7(22(17)18)5-11(9)13/h1-6H,(H,17,18)(H,19,20,21)/p-1. The first kappa shape index (κ1) is 15.7. The first-order valence-electron chi connectivity index (χ1n) is 6.14. The summed E-state index contributed by atoms with van der Waals surface area (Å²) in [7, 11) is -4.52. The van der Waals surface area contributed by atoms with Gasteiger partial charge in [-0.2, -0.15) is 8.42 Å². The second-order valence-electron chi connectivity index (χ2n) is 4.78. The molecule has 0 fully saturated rings. The van der Waals surface area contributed by atoms with Gasteiger partial charge >= 0.3 is 0 Å². The van der Waals surface area contributed by atoms with E-state index in [1.165, 1.54) is 12.1 Å². The molecule has 0 bridgehead atoms. The molecule has 23 heavy (non-hydrogen) atoms. The Morgan fingerprint density at radius 3 is 1.91 bits per heavy atom. The Labute approximate surface area is 133 Å². The second-order valence-corrected chi connectivity index (χ2v) is 7.15. The predicted molar refractivity (Wildman–Crippen MR) is 76.7 cm³/mol. The molecule has 1 aliphatic carbocycles. The molecule has 0 heterocycles. The van der Waals surface area contributed by atoms with E-state index in [0.717, 1.165) is 24.3 Å². The zero-order valence-corrected chi connectivity index (χ0v) is 12.8. The van der Waals surface area contributed by atoms with Crippen molar-refractivity contribution in [3.8, 4) is 0 Å². The quantitative estimate of drug-likeness (QED) is 0.537. The van der Waals surface area contributed by atoms with E-state index in [9.17, 15) is 26.8 Å². The molecular weight excluding hydrogens is 344 g/mol. The Balaban J connectivity index is 2.24. The lowest BCUT2D eigenvalue weighted by Gasteiger charge is -2.19. The van der Waals surface area contributed by atoms with Crippen molar-refractivity contribution in [2.75, 3.05) is 0 Å². The lowest BCUT2D eigenvalue weighted by atomic mass is 9.84. The average Bonchev–Trinajstić information content (AvgIpc) is 2.50. The summed E-state index contributed by atoms with van der Waals surface area (Å²) in [5.41, 5.74) is -0.301. The van der Waals surface area contributed by atoms with Gasteiger partial charge in [-0.05, 0) is 47.5 Å². The fourth-order valence-electron chi connectivity index (χ4n) is 2.37. The van der Waals surface area contributed by atoms with Gasteiger partial charge in [0.1, 0.15) is 0 Å². The monoisotopic (exact) mass is 351 g/mol. The molecule has 2 aromatic rings. The summed E-state index contributed by atoms with van der Waals surface area (Å²) < 4.78 is 53.3. The molecule has 1 unspecified atom stereocenters. The lowest BCUT2D eigenvalue weighted by molar-refractivity contribution is 0.0978. The summed E-state index contributed by atoms with van der Waals surface area (Å²) in [5, 5.41) is 0. The Morgan fingerprint density at radius 2 is 1.39 bits per heavy atom. The minimum atomic E-state index is -4.52. The molecule has 0 radical (unpaired) electrons. The number of benzene rings is 2. The fraction of sp³-hybridized carbons (Fsp3) is 0. The molecular formula is C14H7O7S2-. The zero-order valence-electron chi connectivity index (χ0n) is 11.2. The number of rotatable bonds is 2. The summed E-state index contributed by atoms with van der Waals surface area (Å²) in [6.45, 7) is 0. The van der Waals surface area contributed by atoms with Crippen molar-refractivity contribution in [3.63, 3.8) is 0 Å². The third-order valence-electron chi connectivity index (χ3n) is 3.45. The topological polar surface area (TPSA) is 129 Å². The fourth-order valence-corrected chi connectivity index (χ4v) is 3.27. The van der Waals surface area contributed by atoms with Crippen LogP contribution in [0.3, 0.4) is 0 Å². The highest BCUT2D eigenvalue weighted by Crippen LogP contribution is 2.30. The molecule has 0 spiro atoms. The zero-order chi connectivity index (χ0) is 16.9. The van der Waals surface area contributed by atoms with Crippen LogP contribution < -0.4 is 0 Å². The molecule has 0 saturated carbocycles. The van der Waals surface area contributed by atoms with Crippen molar-refractivity contribution < 1.29 is 31.3 Å². The minimum Gasteiger partial charge on any atom is -0.768 e. The molecule has 0 amide bonds. The first-order valence-corrected chi connectivity index (χ1v) is 8.66. The van der Waals surface area contributed by atoms with Crippen LogP contribution in [-0.2, 0) is 21.2 Å². The summed E-state index contributed by atoms with van der Waals surface area (Å²) in [4.78, 5) is 24.2. The van der Waals surface area contributed by atoms with E-state index in [1.807, 2.05) is 0 Å². The van der Waals surface area contributed by atoms with Crippen LogP contribution in [0.2, 0.25) is 0 Å². The maximum absolute atomic E-state index is 12.4. The van der Waals surface area contributed by atoms with Crippen LogP contribution >= 0.6 is 0 Å². The van der Waals surface area contributed by atoms with Crippen molar-refractivity contribution in [3.05, 3.63) is 58.7 Å². The van der Waals surface area contributed by atoms with Gasteiger partial charge in [-0.1, -0.05) is 0 Å². The molecule has 3 rings (SSSR count). The molecule has 7 nitrogen and oxygen atoms in total. The Kier molecular flexibility index (Phi) is 3.52. The van der Waals surface area contributed by atoms with Crippen molar-refractivity contribution in [1.82, 2.24) is 0 Å². The van der Waals surface area contributed by atoms with Gasteiger partial charge < -0.3 is 4.55 Å². The van der Waals surface area contributed by atoms with E-state index in [1.54, 1.807) is 0 Å².